The van der Waals surface area contributed by atoms with E-state index in [9.17, 15) is 9.18 Å². The molecule has 1 atom stereocenters. The zero-order valence-electron chi connectivity index (χ0n) is 17.0. The van der Waals surface area contributed by atoms with Gasteiger partial charge >= 0.3 is 6.03 Å². The fraction of sp³-hybridized carbons (Fsp3) is 0.400. The normalized spacial score (nSPS) is 22.3. The van der Waals surface area contributed by atoms with E-state index in [0.29, 0.717) is 23.5 Å². The monoisotopic (exact) mass is 413 g/mol. The summed E-state index contributed by atoms with van der Waals surface area (Å²) in [7, 11) is 1.66. The van der Waals surface area contributed by atoms with Crippen LogP contribution in [-0.2, 0) is 4.74 Å². The average Bonchev–Trinajstić information content (AvgIpc) is 3.36. The molecule has 0 spiro atoms. The van der Waals surface area contributed by atoms with Crippen LogP contribution < -0.4 is 10.2 Å². The van der Waals surface area contributed by atoms with Crippen molar-refractivity contribution >= 4 is 29.1 Å². The number of ether oxygens (including phenoxy) is 1. The van der Waals surface area contributed by atoms with Gasteiger partial charge in [0.25, 0.3) is 0 Å². The lowest BCUT2D eigenvalue weighted by Gasteiger charge is -2.28. The zero-order valence-corrected chi connectivity index (χ0v) is 17.0. The molecule has 9 nitrogen and oxygen atoms in total. The maximum atomic E-state index is 13.3. The molecule has 2 bridgehead atoms. The van der Waals surface area contributed by atoms with E-state index in [1.54, 1.807) is 17.8 Å². The predicted octanol–water partition coefficient (Wildman–Crippen LogP) is 2.98. The number of fused-ring (bicyclic) bond motifs is 3. The summed E-state index contributed by atoms with van der Waals surface area (Å²) in [6, 6.07) is 1.49. The molecule has 2 aromatic rings. The van der Waals surface area contributed by atoms with Gasteiger partial charge in [-0.05, 0) is 25.8 Å². The Balaban J connectivity index is 1.78. The first-order chi connectivity index (χ1) is 14.4. The standard InChI is InChI=1S/C20H24FN7O2/c1-13(21)11-22-19-14(2)16-5-4-7-27(16)17-6-8-28-18(25-17)15(12-23-28)24-20(29)26(3)9-10-30-19/h6,8,11-12,16H,2,4-5,7,9-10H2,1,3H3,(H,24,29)/b13-11+,22-19+/t16-/m1/s1. The van der Waals surface area contributed by atoms with Crippen LogP contribution in [0.3, 0.4) is 0 Å². The molecular formula is C20H24FN7O2. The Kier molecular flexibility index (Phi) is 5.39. The number of hydrogen-bond donors (Lipinski definition) is 1. The maximum absolute atomic E-state index is 13.3. The summed E-state index contributed by atoms with van der Waals surface area (Å²) >= 11 is 0. The minimum absolute atomic E-state index is 0.0753. The van der Waals surface area contributed by atoms with E-state index >= 15 is 0 Å². The van der Waals surface area contributed by atoms with Gasteiger partial charge in [0.15, 0.2) is 5.65 Å². The second kappa shape index (κ2) is 8.13. The van der Waals surface area contributed by atoms with E-state index in [-0.39, 0.29) is 24.6 Å². The van der Waals surface area contributed by atoms with Crippen LogP contribution in [0.1, 0.15) is 19.8 Å². The first kappa shape index (κ1) is 19.9. The van der Waals surface area contributed by atoms with Crippen LogP contribution in [0.5, 0.6) is 0 Å². The van der Waals surface area contributed by atoms with Crippen LogP contribution in [0, 0.1) is 0 Å². The van der Waals surface area contributed by atoms with Crippen molar-refractivity contribution in [3.8, 4) is 0 Å². The van der Waals surface area contributed by atoms with Crippen molar-refractivity contribution in [2.24, 2.45) is 4.99 Å². The highest BCUT2D eigenvalue weighted by Gasteiger charge is 2.31. The van der Waals surface area contributed by atoms with E-state index in [1.807, 2.05) is 12.3 Å². The Morgan fingerprint density at radius 2 is 2.30 bits per heavy atom. The van der Waals surface area contributed by atoms with E-state index in [1.165, 1.54) is 11.8 Å². The van der Waals surface area contributed by atoms with Crippen LogP contribution in [-0.4, -0.2) is 64.2 Å². The quantitative estimate of drug-likeness (QED) is 0.777. The average molecular weight is 413 g/mol. The molecule has 0 radical (unpaired) electrons. The highest BCUT2D eigenvalue weighted by Crippen LogP contribution is 2.30. The van der Waals surface area contributed by atoms with Gasteiger partial charge in [0.05, 0.1) is 25.0 Å². The van der Waals surface area contributed by atoms with Gasteiger partial charge in [-0.3, -0.25) is 0 Å². The molecule has 0 aliphatic carbocycles. The van der Waals surface area contributed by atoms with Gasteiger partial charge in [0.2, 0.25) is 5.90 Å². The number of halogens is 1. The minimum Gasteiger partial charge on any atom is -0.476 e. The molecule has 4 rings (SSSR count). The van der Waals surface area contributed by atoms with Crippen LogP contribution in [0.25, 0.3) is 5.65 Å². The van der Waals surface area contributed by atoms with Crippen molar-refractivity contribution in [3.63, 3.8) is 0 Å². The number of carbonyl (C=O) groups is 1. The second-order valence-electron chi connectivity index (χ2n) is 7.34. The van der Waals surface area contributed by atoms with Crippen molar-refractivity contribution in [1.82, 2.24) is 19.5 Å². The van der Waals surface area contributed by atoms with E-state index in [4.69, 9.17) is 9.72 Å². The molecule has 30 heavy (non-hydrogen) atoms. The minimum atomic E-state index is -0.432. The molecule has 0 unspecified atom stereocenters. The molecule has 2 amide bonds. The summed E-state index contributed by atoms with van der Waals surface area (Å²) in [6.07, 6.45) is 6.31. The number of anilines is 2. The number of aromatic nitrogens is 3. The number of nitrogens with zero attached hydrogens (tertiary/aromatic N) is 6. The highest BCUT2D eigenvalue weighted by atomic mass is 19.1. The first-order valence-electron chi connectivity index (χ1n) is 9.79. The van der Waals surface area contributed by atoms with Crippen molar-refractivity contribution in [2.45, 2.75) is 25.8 Å². The van der Waals surface area contributed by atoms with E-state index in [0.717, 1.165) is 31.4 Å². The number of amides is 2. The van der Waals surface area contributed by atoms with Crippen LogP contribution in [0.15, 0.2) is 47.6 Å². The number of allylic oxidation sites excluding steroid dienone is 1. The molecule has 0 aromatic carbocycles. The number of likely N-dealkylation sites (N-methyl/N-ethyl adjacent to an activating group) is 1. The Morgan fingerprint density at radius 3 is 3.10 bits per heavy atom. The van der Waals surface area contributed by atoms with Gasteiger partial charge in [-0.15, -0.1) is 0 Å². The molecule has 158 valence electrons. The molecule has 4 heterocycles. The summed E-state index contributed by atoms with van der Waals surface area (Å²) < 4.78 is 20.8. The van der Waals surface area contributed by atoms with Gasteiger partial charge in [-0.1, -0.05) is 6.58 Å². The van der Waals surface area contributed by atoms with Gasteiger partial charge in [0.1, 0.15) is 23.9 Å². The van der Waals surface area contributed by atoms with Crippen LogP contribution in [0.2, 0.25) is 0 Å². The second-order valence-corrected chi connectivity index (χ2v) is 7.34. The smallest absolute Gasteiger partial charge is 0.321 e. The third-order valence-corrected chi connectivity index (χ3v) is 5.19. The molecule has 1 N–H and O–H groups in total. The molecule has 1 fully saturated rings. The van der Waals surface area contributed by atoms with E-state index < -0.39 is 5.83 Å². The number of hydrogen-bond acceptors (Lipinski definition) is 6. The Labute approximate surface area is 173 Å². The fourth-order valence-corrected chi connectivity index (χ4v) is 3.61. The third-order valence-electron chi connectivity index (χ3n) is 5.19. The summed E-state index contributed by atoms with van der Waals surface area (Å²) in [4.78, 5) is 25.1. The molecule has 10 heteroatoms. The molecule has 2 aliphatic rings. The number of nitrogens with one attached hydrogen (secondary N) is 1. The van der Waals surface area contributed by atoms with Crippen molar-refractivity contribution in [3.05, 3.63) is 42.6 Å². The van der Waals surface area contributed by atoms with Gasteiger partial charge < -0.3 is 19.9 Å². The largest absolute Gasteiger partial charge is 0.476 e. The van der Waals surface area contributed by atoms with Gasteiger partial charge in [-0.2, -0.15) is 5.10 Å². The Bertz CT molecular complexity index is 1040. The number of urea groups is 1. The lowest BCUT2D eigenvalue weighted by atomic mass is 10.1. The van der Waals surface area contributed by atoms with Crippen LogP contribution >= 0.6 is 0 Å². The lowest BCUT2D eigenvalue weighted by Crippen LogP contribution is -2.37. The Hall–Kier alpha value is -3.43. The van der Waals surface area contributed by atoms with Crippen molar-refractivity contribution < 1.29 is 13.9 Å². The lowest BCUT2D eigenvalue weighted by molar-refractivity contribution is 0.205. The van der Waals surface area contributed by atoms with Gasteiger partial charge in [0, 0.05) is 25.4 Å². The molecule has 2 aromatic heterocycles. The molecule has 0 saturated carbocycles. The number of aliphatic imine (C=N–C) groups is 1. The topological polar surface area (TPSA) is 87.4 Å². The SMILES string of the molecule is C=C1/C(=N\C=C(/C)F)OCCN(C)C(=O)Nc2cnn3ccc(nc23)N2CCC[C@H]12. The summed E-state index contributed by atoms with van der Waals surface area (Å²) in [6.45, 7) is 6.81. The van der Waals surface area contributed by atoms with Crippen molar-refractivity contribution in [2.75, 3.05) is 37.0 Å². The predicted molar refractivity (Wildman–Crippen MR) is 112 cm³/mol. The Morgan fingerprint density at radius 1 is 1.47 bits per heavy atom. The maximum Gasteiger partial charge on any atom is 0.321 e. The molecule has 1 saturated heterocycles. The van der Waals surface area contributed by atoms with Crippen molar-refractivity contribution in [1.29, 1.82) is 0 Å². The van der Waals surface area contributed by atoms with Gasteiger partial charge in [-0.25, -0.2) is 23.7 Å². The number of rotatable bonds is 1. The summed E-state index contributed by atoms with van der Waals surface area (Å²) in [5, 5.41) is 7.10. The van der Waals surface area contributed by atoms with E-state index in [2.05, 4.69) is 26.9 Å². The molecule has 2 aliphatic heterocycles. The molecular weight excluding hydrogens is 389 g/mol. The van der Waals surface area contributed by atoms with Crippen LogP contribution in [0.4, 0.5) is 20.7 Å². The number of carbonyl (C=O) groups excluding carboxylic acids is 1. The fourth-order valence-electron chi connectivity index (χ4n) is 3.61. The highest BCUT2D eigenvalue weighted by molar-refractivity contribution is 5.96. The zero-order chi connectivity index (χ0) is 21.3. The summed E-state index contributed by atoms with van der Waals surface area (Å²) in [5.41, 5.74) is 1.75. The first-order valence-corrected chi connectivity index (χ1v) is 9.79. The summed E-state index contributed by atoms with van der Waals surface area (Å²) in [5.74, 6) is 0.573. The third kappa shape index (κ3) is 3.85.